The van der Waals surface area contributed by atoms with Crippen LogP contribution in [0.4, 0.5) is 4.79 Å². The van der Waals surface area contributed by atoms with Crippen LogP contribution < -0.4 is 64.6 Å². The zero-order valence-corrected chi connectivity index (χ0v) is 42.7. The number of aliphatic hydroxyl groups is 2. The second-order valence-corrected chi connectivity index (χ2v) is 18.9. The van der Waals surface area contributed by atoms with Gasteiger partial charge in [0, 0.05) is 19.4 Å². The molecule has 1 rings (SSSR count). The fourth-order valence-corrected chi connectivity index (χ4v) is 7.36. The van der Waals surface area contributed by atoms with E-state index in [1.807, 2.05) is 0 Å². The van der Waals surface area contributed by atoms with Gasteiger partial charge in [0.05, 0.1) is 19.1 Å². The SMILES string of the molecule is CC[C@H](C)[C@@H]1NC(=O)[C@H](CCC(N)=O)NC(=O)[C@H](CC(C)C)NC(=O)[C@H](CC(=O)O)NC(=O)[C@H](CC(C)C)NC(=O)[C@H](CO)NC(=O)[C@H]([C@@H](C)O)NC(=O)[C@H](CCC(=O)O)NC(=O)[C@H](CCCNC(N)=O)NC1=O. The summed E-state index contributed by atoms with van der Waals surface area (Å²) in [4.78, 5) is 173. The van der Waals surface area contributed by atoms with Crippen molar-refractivity contribution in [2.45, 2.75) is 173 Å². The number of primary amides is 2. The first-order valence-corrected chi connectivity index (χ1v) is 24.3. The minimum absolute atomic E-state index is 0.0493. The second kappa shape index (κ2) is 32.1. The van der Waals surface area contributed by atoms with Gasteiger partial charge in [-0.05, 0) is 63.2 Å². The van der Waals surface area contributed by atoms with E-state index in [1.165, 1.54) is 0 Å². The summed E-state index contributed by atoms with van der Waals surface area (Å²) in [7, 11) is 0. The van der Waals surface area contributed by atoms with Crippen LogP contribution in [0.15, 0.2) is 0 Å². The number of carboxylic acids is 2. The summed E-state index contributed by atoms with van der Waals surface area (Å²) in [5, 5.41) is 63.7. The third kappa shape index (κ3) is 23.6. The molecule has 0 aromatic rings. The van der Waals surface area contributed by atoms with Gasteiger partial charge in [-0.2, -0.15) is 0 Å². The fraction of sp³-hybridized carbons (Fsp3) is 0.711. The number of amides is 12. The van der Waals surface area contributed by atoms with Crippen molar-refractivity contribution in [1.82, 2.24) is 53.2 Å². The van der Waals surface area contributed by atoms with Crippen LogP contribution in [0.2, 0.25) is 0 Å². The van der Waals surface area contributed by atoms with Crippen LogP contribution in [0.3, 0.4) is 0 Å². The van der Waals surface area contributed by atoms with E-state index in [1.54, 1.807) is 41.5 Å². The number of hydrogen-bond donors (Lipinski definition) is 16. The molecule has 0 aliphatic carbocycles. The predicted octanol–water partition coefficient (Wildman–Crippen LogP) is -5.07. The summed E-state index contributed by atoms with van der Waals surface area (Å²) >= 11 is 0. The maximum atomic E-state index is 14.2. The lowest BCUT2D eigenvalue weighted by Crippen LogP contribution is -2.62. The predicted molar refractivity (Wildman–Crippen MR) is 259 cm³/mol. The highest BCUT2D eigenvalue weighted by atomic mass is 16.4. The molecule has 18 N–H and O–H groups in total. The average Bonchev–Trinajstić information content (AvgIpc) is 3.29. The fourth-order valence-electron chi connectivity index (χ4n) is 7.36. The number of carbonyl (C=O) groups excluding carboxylic acids is 11. The van der Waals surface area contributed by atoms with Crippen LogP contribution >= 0.6 is 0 Å². The Morgan fingerprint density at radius 1 is 0.514 bits per heavy atom. The van der Waals surface area contributed by atoms with Gasteiger partial charge in [0.15, 0.2) is 0 Å². The number of carbonyl (C=O) groups is 13. The maximum Gasteiger partial charge on any atom is 0.312 e. The Hall–Kier alpha value is -7.17. The van der Waals surface area contributed by atoms with Crippen LogP contribution in [0.5, 0.6) is 0 Å². The van der Waals surface area contributed by atoms with Gasteiger partial charge in [0.25, 0.3) is 0 Å². The van der Waals surface area contributed by atoms with Gasteiger partial charge in [-0.3, -0.25) is 57.5 Å². The summed E-state index contributed by atoms with van der Waals surface area (Å²) in [6, 6.07) is -16.4. The van der Waals surface area contributed by atoms with Crippen LogP contribution in [0, 0.1) is 17.8 Å². The number of nitrogens with one attached hydrogen (secondary N) is 10. The minimum Gasteiger partial charge on any atom is -0.481 e. The van der Waals surface area contributed by atoms with Crippen molar-refractivity contribution < 1.29 is 82.8 Å². The summed E-state index contributed by atoms with van der Waals surface area (Å²) in [5.74, 6) is -15.6. The normalized spacial score (nSPS) is 25.5. The van der Waals surface area contributed by atoms with Crippen LogP contribution in [0.25, 0.3) is 0 Å². The molecule has 29 nitrogen and oxygen atoms in total. The number of aliphatic carboxylic acids is 2. The van der Waals surface area contributed by atoms with E-state index in [0.717, 1.165) is 6.92 Å². The van der Waals surface area contributed by atoms with Crippen LogP contribution in [-0.2, 0) is 57.5 Å². The van der Waals surface area contributed by atoms with E-state index >= 15 is 0 Å². The molecule has 12 amide bonds. The third-order valence-corrected chi connectivity index (χ3v) is 11.6. The van der Waals surface area contributed by atoms with Crippen molar-refractivity contribution in [3.63, 3.8) is 0 Å². The van der Waals surface area contributed by atoms with Crippen LogP contribution in [-0.4, -0.2) is 171 Å². The van der Waals surface area contributed by atoms with Crippen LogP contribution in [0.1, 0.15) is 113 Å². The van der Waals surface area contributed by atoms with E-state index in [0.29, 0.717) is 0 Å². The average molecular weight is 1060 g/mol. The molecule has 29 heteroatoms. The van der Waals surface area contributed by atoms with E-state index in [4.69, 9.17) is 11.5 Å². The lowest BCUT2D eigenvalue weighted by molar-refractivity contribution is -0.142. The number of nitrogens with two attached hydrogens (primary N) is 2. The molecule has 0 bridgehead atoms. The van der Waals surface area contributed by atoms with Gasteiger partial charge in [0.1, 0.15) is 54.4 Å². The van der Waals surface area contributed by atoms with Gasteiger partial charge < -0.3 is 85.1 Å². The molecule has 418 valence electrons. The van der Waals surface area contributed by atoms with Gasteiger partial charge >= 0.3 is 18.0 Å². The number of hydrogen-bond acceptors (Lipinski definition) is 15. The van der Waals surface area contributed by atoms with Crippen molar-refractivity contribution in [3.05, 3.63) is 0 Å². The van der Waals surface area contributed by atoms with Crippen molar-refractivity contribution in [2.24, 2.45) is 29.2 Å². The van der Waals surface area contributed by atoms with E-state index < -0.39 is 182 Å². The van der Waals surface area contributed by atoms with Gasteiger partial charge in [-0.1, -0.05) is 48.0 Å². The quantitative estimate of drug-likeness (QED) is 0.0507. The topological polar surface area (TPSA) is 475 Å². The van der Waals surface area contributed by atoms with E-state index in [9.17, 15) is 82.8 Å². The standard InChI is InChI=1S/C45H76N12O17/c1-8-22(6)34-43(72)51-24(10-9-15-48-45(47)74)36(65)49-26(12-14-32(61)62)38(67)57-35(23(7)59)44(73)55-30(19-58)42(71)53-28(17-21(4)5)40(69)54-29(18-33(63)64)41(70)52-27(16-20(2)3)39(68)50-25(37(66)56-34)11-13-31(46)60/h20-30,34-35,58-59H,8-19H2,1-7H3,(H2,46,60)(H,49,65)(H,50,68)(H,51,72)(H,52,70)(H,53,71)(H,54,69)(H,55,73)(H,56,66)(H,57,67)(H,61,62)(H,63,64)(H3,47,48,74)/t22-,23+,24-,25-,26-,27-,28-,29-,30-,34-,35-/m0/s1. The van der Waals surface area contributed by atoms with Crippen molar-refractivity contribution in [2.75, 3.05) is 13.2 Å². The highest BCUT2D eigenvalue weighted by Crippen LogP contribution is 2.14. The molecule has 74 heavy (non-hydrogen) atoms. The molecule has 0 unspecified atom stereocenters. The molecule has 1 aliphatic rings. The summed E-state index contributed by atoms with van der Waals surface area (Å²) in [6.07, 6.45) is -5.58. The van der Waals surface area contributed by atoms with Gasteiger partial charge in [-0.25, -0.2) is 4.79 Å². The Balaban J connectivity index is 4.17. The first kappa shape index (κ1) is 64.8. The Bertz CT molecular complexity index is 2020. The largest absolute Gasteiger partial charge is 0.481 e. The second-order valence-electron chi connectivity index (χ2n) is 18.9. The van der Waals surface area contributed by atoms with E-state index in [2.05, 4.69) is 53.2 Å². The Labute approximate surface area is 427 Å². The molecular formula is C45H76N12O17. The van der Waals surface area contributed by atoms with Crippen molar-refractivity contribution in [1.29, 1.82) is 0 Å². The first-order chi connectivity index (χ1) is 34.5. The van der Waals surface area contributed by atoms with Gasteiger partial charge in [0.2, 0.25) is 59.1 Å². The van der Waals surface area contributed by atoms with Gasteiger partial charge in [-0.15, -0.1) is 0 Å². The third-order valence-electron chi connectivity index (χ3n) is 11.6. The monoisotopic (exact) mass is 1060 g/mol. The van der Waals surface area contributed by atoms with Crippen molar-refractivity contribution in [3.8, 4) is 0 Å². The molecule has 0 aromatic heterocycles. The minimum atomic E-state index is -1.97. The molecule has 1 saturated heterocycles. The molecule has 0 aromatic carbocycles. The Morgan fingerprint density at radius 2 is 0.892 bits per heavy atom. The zero-order valence-electron chi connectivity index (χ0n) is 42.7. The lowest BCUT2D eigenvalue weighted by Gasteiger charge is -2.30. The molecule has 0 radical (unpaired) electrons. The van der Waals surface area contributed by atoms with E-state index in [-0.39, 0.29) is 50.5 Å². The summed E-state index contributed by atoms with van der Waals surface area (Å²) in [6.45, 7) is 9.59. The number of aliphatic hydroxyl groups excluding tert-OH is 2. The molecule has 1 fully saturated rings. The molecule has 0 saturated carbocycles. The maximum absolute atomic E-state index is 14.2. The molecular weight excluding hydrogens is 981 g/mol. The zero-order chi connectivity index (χ0) is 56.6. The highest BCUT2D eigenvalue weighted by molar-refractivity contribution is 6.00. The first-order valence-electron chi connectivity index (χ1n) is 24.3. The number of rotatable bonds is 20. The smallest absolute Gasteiger partial charge is 0.312 e. The molecule has 0 spiro atoms. The lowest BCUT2D eigenvalue weighted by atomic mass is 9.96. The molecule has 1 aliphatic heterocycles. The Morgan fingerprint density at radius 3 is 1.32 bits per heavy atom. The number of carboxylic acid groups (broad SMARTS) is 2. The van der Waals surface area contributed by atoms with Crippen molar-refractivity contribution >= 4 is 77.0 Å². The Kier molecular flexibility index (Phi) is 28.1. The molecule has 1 heterocycles. The summed E-state index contributed by atoms with van der Waals surface area (Å²) < 4.78 is 0. The molecule has 11 atom stereocenters. The number of urea groups is 1. The summed E-state index contributed by atoms with van der Waals surface area (Å²) in [5.41, 5.74) is 10.6. The highest BCUT2D eigenvalue weighted by Gasteiger charge is 2.38.